The molecular weight excluding hydrogens is 200 g/mol. The highest BCUT2D eigenvalue weighted by Crippen LogP contribution is 2.13. The summed E-state index contributed by atoms with van der Waals surface area (Å²) in [5.74, 6) is 0.339. The zero-order chi connectivity index (χ0) is 13.1. The molecule has 0 heterocycles. The first kappa shape index (κ1) is 16.7. The van der Waals surface area contributed by atoms with E-state index in [4.69, 9.17) is 10.2 Å². The molecule has 1 aromatic carbocycles. The summed E-state index contributed by atoms with van der Waals surface area (Å²) in [5.41, 5.74) is 2.33. The molecule has 0 aromatic heterocycles. The van der Waals surface area contributed by atoms with Gasteiger partial charge in [0.05, 0.1) is 0 Å². The highest BCUT2D eigenvalue weighted by Gasteiger charge is 1.84. The molecule has 0 amide bonds. The van der Waals surface area contributed by atoms with Crippen LogP contribution in [0.4, 0.5) is 0 Å². The van der Waals surface area contributed by atoms with Crippen LogP contribution in [0.15, 0.2) is 48.6 Å². The Morgan fingerprint density at radius 3 is 1.00 bits per heavy atom. The van der Waals surface area contributed by atoms with E-state index in [0.717, 1.165) is 0 Å². The molecule has 16 heavy (non-hydrogen) atoms. The van der Waals surface area contributed by atoms with Crippen LogP contribution in [-0.4, -0.2) is 10.2 Å². The number of rotatable bonds is 0. The van der Waals surface area contributed by atoms with E-state index in [2.05, 4.69) is 13.2 Å². The van der Waals surface area contributed by atoms with Crippen molar-refractivity contribution in [2.45, 2.75) is 27.7 Å². The van der Waals surface area contributed by atoms with E-state index in [0.29, 0.717) is 0 Å². The van der Waals surface area contributed by atoms with Crippen LogP contribution < -0.4 is 0 Å². The third-order valence-electron chi connectivity index (χ3n) is 0.850. The minimum atomic E-state index is 0.169. The molecular formula is C14H22O2. The van der Waals surface area contributed by atoms with Gasteiger partial charge in [-0.3, -0.25) is 0 Å². The molecule has 90 valence electrons. The van der Waals surface area contributed by atoms with Crippen LogP contribution in [0.5, 0.6) is 11.5 Å². The number of phenols is 2. The Kier molecular flexibility index (Phi) is 10.3. The molecule has 2 heteroatoms. The average molecular weight is 222 g/mol. The molecule has 1 aromatic rings. The van der Waals surface area contributed by atoms with Gasteiger partial charge in [0, 0.05) is 0 Å². The Labute approximate surface area is 98.6 Å². The molecule has 0 radical (unpaired) electrons. The molecule has 0 spiro atoms. The van der Waals surface area contributed by atoms with Gasteiger partial charge in [0.15, 0.2) is 0 Å². The molecule has 0 aliphatic rings. The molecule has 2 nitrogen and oxygen atoms in total. The topological polar surface area (TPSA) is 40.5 Å². The van der Waals surface area contributed by atoms with E-state index in [9.17, 15) is 0 Å². The summed E-state index contributed by atoms with van der Waals surface area (Å²) < 4.78 is 0. The number of hydrogen-bond acceptors (Lipinski definition) is 2. The van der Waals surface area contributed by atoms with Crippen LogP contribution in [0.3, 0.4) is 0 Å². The van der Waals surface area contributed by atoms with Crippen molar-refractivity contribution in [3.63, 3.8) is 0 Å². The standard InChI is InChI=1S/C6H6O2.2C4H8/c7-5-1-2-6(8)4-3-5;2*1-4(2)3/h1-4,7-8H;2*1H2,2-3H3. The van der Waals surface area contributed by atoms with E-state index in [1.54, 1.807) is 0 Å². The van der Waals surface area contributed by atoms with E-state index in [1.807, 2.05) is 27.7 Å². The second-order valence-corrected chi connectivity index (χ2v) is 3.93. The molecule has 0 aliphatic heterocycles. The number of hydrogen-bond donors (Lipinski definition) is 2. The lowest BCUT2D eigenvalue weighted by atomic mass is 10.3. The Hall–Kier alpha value is -1.70. The third kappa shape index (κ3) is 22.8. The monoisotopic (exact) mass is 222 g/mol. The van der Waals surface area contributed by atoms with Gasteiger partial charge >= 0.3 is 0 Å². The maximum absolute atomic E-state index is 8.65. The van der Waals surface area contributed by atoms with Gasteiger partial charge in [-0.2, -0.15) is 0 Å². The second kappa shape index (κ2) is 9.84. The summed E-state index contributed by atoms with van der Waals surface area (Å²) in [6.07, 6.45) is 0. The van der Waals surface area contributed by atoms with Gasteiger partial charge in [-0.1, -0.05) is 11.1 Å². The van der Waals surface area contributed by atoms with Crippen molar-refractivity contribution >= 4 is 0 Å². The van der Waals surface area contributed by atoms with Crippen molar-refractivity contribution in [1.82, 2.24) is 0 Å². The molecule has 0 atom stereocenters. The first-order chi connectivity index (χ1) is 7.25. The van der Waals surface area contributed by atoms with Gasteiger partial charge < -0.3 is 10.2 Å². The predicted molar refractivity (Wildman–Crippen MR) is 70.7 cm³/mol. The third-order valence-corrected chi connectivity index (χ3v) is 0.850. The Balaban J connectivity index is 0. The number of allylic oxidation sites excluding steroid dienone is 2. The summed E-state index contributed by atoms with van der Waals surface area (Å²) in [4.78, 5) is 0. The normalized spacial score (nSPS) is 7.75. The summed E-state index contributed by atoms with van der Waals surface area (Å²) in [5, 5.41) is 17.3. The van der Waals surface area contributed by atoms with Gasteiger partial charge in [0.1, 0.15) is 11.5 Å². The number of phenolic OH excluding ortho intramolecular Hbond substituents is 2. The van der Waals surface area contributed by atoms with E-state index in [1.165, 1.54) is 35.4 Å². The molecule has 0 saturated carbocycles. The fraction of sp³-hybridized carbons (Fsp3) is 0.286. The Morgan fingerprint density at radius 1 is 0.750 bits per heavy atom. The van der Waals surface area contributed by atoms with Crippen molar-refractivity contribution in [3.8, 4) is 11.5 Å². The smallest absolute Gasteiger partial charge is 0.115 e. The lowest BCUT2D eigenvalue weighted by Gasteiger charge is -1.88. The number of aromatic hydroxyl groups is 2. The largest absolute Gasteiger partial charge is 0.508 e. The fourth-order valence-electron chi connectivity index (χ4n) is 0.453. The molecule has 1 rings (SSSR count). The van der Waals surface area contributed by atoms with Crippen molar-refractivity contribution in [1.29, 1.82) is 0 Å². The van der Waals surface area contributed by atoms with Crippen LogP contribution in [-0.2, 0) is 0 Å². The molecule has 0 bridgehead atoms. The summed E-state index contributed by atoms with van der Waals surface area (Å²) >= 11 is 0. The highest BCUT2D eigenvalue weighted by atomic mass is 16.3. The van der Waals surface area contributed by atoms with Gasteiger partial charge in [-0.15, -0.1) is 13.2 Å². The minimum absolute atomic E-state index is 0.169. The molecule has 0 unspecified atom stereocenters. The fourth-order valence-corrected chi connectivity index (χ4v) is 0.453. The zero-order valence-corrected chi connectivity index (χ0v) is 10.6. The minimum Gasteiger partial charge on any atom is -0.508 e. The van der Waals surface area contributed by atoms with Gasteiger partial charge in [-0.25, -0.2) is 0 Å². The van der Waals surface area contributed by atoms with Crippen LogP contribution in [0.1, 0.15) is 27.7 Å². The maximum atomic E-state index is 8.65. The summed E-state index contributed by atoms with van der Waals surface area (Å²) in [6, 6.07) is 5.70. The molecule has 0 aliphatic carbocycles. The van der Waals surface area contributed by atoms with Gasteiger partial charge in [0.25, 0.3) is 0 Å². The van der Waals surface area contributed by atoms with Crippen LogP contribution in [0, 0.1) is 0 Å². The summed E-state index contributed by atoms with van der Waals surface area (Å²) in [6.45, 7) is 15.0. The van der Waals surface area contributed by atoms with E-state index >= 15 is 0 Å². The SMILES string of the molecule is C=C(C)C.C=C(C)C.Oc1ccc(O)cc1. The van der Waals surface area contributed by atoms with Crippen molar-refractivity contribution < 1.29 is 10.2 Å². The first-order valence-electron chi connectivity index (χ1n) is 4.98. The zero-order valence-electron chi connectivity index (χ0n) is 10.6. The van der Waals surface area contributed by atoms with Crippen LogP contribution in [0.25, 0.3) is 0 Å². The number of benzene rings is 1. The quantitative estimate of drug-likeness (QED) is 0.508. The highest BCUT2D eigenvalue weighted by molar-refractivity contribution is 5.28. The second-order valence-electron chi connectivity index (χ2n) is 3.93. The van der Waals surface area contributed by atoms with Gasteiger partial charge in [-0.05, 0) is 52.0 Å². The Morgan fingerprint density at radius 2 is 0.875 bits per heavy atom. The summed E-state index contributed by atoms with van der Waals surface area (Å²) in [7, 11) is 0. The first-order valence-corrected chi connectivity index (χ1v) is 4.98. The van der Waals surface area contributed by atoms with Crippen molar-refractivity contribution in [2.24, 2.45) is 0 Å². The van der Waals surface area contributed by atoms with Crippen LogP contribution in [0.2, 0.25) is 0 Å². The van der Waals surface area contributed by atoms with Crippen molar-refractivity contribution in [2.75, 3.05) is 0 Å². The van der Waals surface area contributed by atoms with Gasteiger partial charge in [0.2, 0.25) is 0 Å². The predicted octanol–water partition coefficient (Wildman–Crippen LogP) is 4.26. The Bertz CT molecular complexity index is 269. The molecule has 2 N–H and O–H groups in total. The van der Waals surface area contributed by atoms with E-state index < -0.39 is 0 Å². The van der Waals surface area contributed by atoms with E-state index in [-0.39, 0.29) is 11.5 Å². The average Bonchev–Trinajstić information content (AvgIpc) is 2.08. The lowest BCUT2D eigenvalue weighted by Crippen LogP contribution is -1.61. The molecule has 0 fully saturated rings. The lowest BCUT2D eigenvalue weighted by molar-refractivity contribution is 0.460. The molecule has 0 saturated heterocycles. The maximum Gasteiger partial charge on any atom is 0.115 e. The van der Waals surface area contributed by atoms with Crippen LogP contribution >= 0.6 is 0 Å². The van der Waals surface area contributed by atoms with Crippen molar-refractivity contribution in [3.05, 3.63) is 48.6 Å².